The highest BCUT2D eigenvalue weighted by Gasteiger charge is 2.44. The Bertz CT molecular complexity index is 438. The Morgan fingerprint density at radius 1 is 1.47 bits per heavy atom. The van der Waals surface area contributed by atoms with Crippen LogP contribution in [0.3, 0.4) is 0 Å². The predicted octanol–water partition coefficient (Wildman–Crippen LogP) is 2.31. The lowest BCUT2D eigenvalue weighted by atomic mass is 9.81. The number of nitrogens with one attached hydrogen (secondary N) is 1. The second-order valence-corrected chi connectivity index (χ2v) is 5.47. The fourth-order valence-electron chi connectivity index (χ4n) is 3.48. The quantitative estimate of drug-likeness (QED) is 0.884. The fraction of sp³-hybridized carbons (Fsp3) is 0.667. The van der Waals surface area contributed by atoms with Crippen LogP contribution in [-0.2, 0) is 4.74 Å². The maximum Gasteiger partial charge on any atom is 0.137 e. The van der Waals surface area contributed by atoms with E-state index in [-0.39, 0.29) is 0 Å². The van der Waals surface area contributed by atoms with E-state index < -0.39 is 0 Å². The van der Waals surface area contributed by atoms with Crippen molar-refractivity contribution in [1.29, 1.82) is 0 Å². The largest absolute Gasteiger partial charge is 0.495 e. The van der Waals surface area contributed by atoms with Crippen molar-refractivity contribution in [3.63, 3.8) is 0 Å². The summed E-state index contributed by atoms with van der Waals surface area (Å²) in [5.74, 6) is 1.39. The molecule has 4 unspecified atom stereocenters. The standard InChI is InChI=1S/C15H22N2O2/c1-3-17-15(10-6-12(18-2)9-16-8-10)13-7-11-4-5-14(13)19-11/h6,8-9,11,13-15,17H,3-5,7H2,1-2H3. The van der Waals surface area contributed by atoms with Gasteiger partial charge >= 0.3 is 0 Å². The van der Waals surface area contributed by atoms with Crippen LogP contribution in [0.15, 0.2) is 18.5 Å². The average molecular weight is 262 g/mol. The van der Waals surface area contributed by atoms with Crippen molar-refractivity contribution in [3.05, 3.63) is 24.0 Å². The van der Waals surface area contributed by atoms with Crippen molar-refractivity contribution in [2.75, 3.05) is 13.7 Å². The molecule has 4 heteroatoms. The first-order valence-electron chi connectivity index (χ1n) is 7.19. The van der Waals surface area contributed by atoms with Crippen molar-refractivity contribution in [2.24, 2.45) is 5.92 Å². The highest BCUT2D eigenvalue weighted by atomic mass is 16.5. The van der Waals surface area contributed by atoms with E-state index in [9.17, 15) is 0 Å². The van der Waals surface area contributed by atoms with E-state index in [1.807, 2.05) is 6.20 Å². The van der Waals surface area contributed by atoms with E-state index in [2.05, 4.69) is 23.3 Å². The van der Waals surface area contributed by atoms with Crippen molar-refractivity contribution in [2.45, 2.75) is 44.4 Å². The summed E-state index contributed by atoms with van der Waals surface area (Å²) in [5.41, 5.74) is 1.21. The minimum Gasteiger partial charge on any atom is -0.495 e. The Kier molecular flexibility index (Phi) is 3.71. The molecule has 2 aliphatic rings. The van der Waals surface area contributed by atoms with E-state index in [1.54, 1.807) is 13.3 Å². The molecule has 0 radical (unpaired) electrons. The summed E-state index contributed by atoms with van der Waals surface area (Å²) >= 11 is 0. The summed E-state index contributed by atoms with van der Waals surface area (Å²) in [7, 11) is 1.68. The minimum atomic E-state index is 0.322. The Labute approximate surface area is 114 Å². The third-order valence-electron chi connectivity index (χ3n) is 4.33. The molecule has 0 aliphatic carbocycles. The Hall–Kier alpha value is -1.13. The normalized spacial score (nSPS) is 30.5. The second kappa shape index (κ2) is 5.47. The van der Waals surface area contributed by atoms with Gasteiger partial charge in [0, 0.05) is 18.2 Å². The molecule has 19 heavy (non-hydrogen) atoms. The molecule has 2 bridgehead atoms. The van der Waals surface area contributed by atoms with Gasteiger partial charge in [-0.25, -0.2) is 0 Å². The summed E-state index contributed by atoms with van der Waals surface area (Å²) in [6.45, 7) is 3.10. The van der Waals surface area contributed by atoms with Crippen LogP contribution in [0.25, 0.3) is 0 Å². The van der Waals surface area contributed by atoms with Crippen LogP contribution in [-0.4, -0.2) is 30.8 Å². The Balaban J connectivity index is 1.83. The summed E-state index contributed by atoms with van der Waals surface area (Å²) in [6.07, 6.45) is 8.20. The monoisotopic (exact) mass is 262 g/mol. The number of pyridine rings is 1. The zero-order valence-corrected chi connectivity index (χ0v) is 11.6. The van der Waals surface area contributed by atoms with Crippen LogP contribution in [0.1, 0.15) is 37.8 Å². The van der Waals surface area contributed by atoms with Gasteiger partial charge < -0.3 is 14.8 Å². The maximum atomic E-state index is 6.00. The molecule has 1 aromatic heterocycles. The first kappa shape index (κ1) is 12.9. The molecule has 0 spiro atoms. The highest BCUT2D eigenvalue weighted by Crippen LogP contribution is 2.44. The number of rotatable bonds is 5. The summed E-state index contributed by atoms with van der Waals surface area (Å²) in [5, 5.41) is 3.60. The predicted molar refractivity (Wildman–Crippen MR) is 73.2 cm³/mol. The van der Waals surface area contributed by atoms with Crippen molar-refractivity contribution >= 4 is 0 Å². The van der Waals surface area contributed by atoms with E-state index in [0.717, 1.165) is 12.3 Å². The van der Waals surface area contributed by atoms with E-state index in [0.29, 0.717) is 24.2 Å². The van der Waals surface area contributed by atoms with Gasteiger partial charge in [-0.15, -0.1) is 0 Å². The van der Waals surface area contributed by atoms with Crippen LogP contribution in [0.4, 0.5) is 0 Å². The molecule has 2 saturated heterocycles. The van der Waals surface area contributed by atoms with Crippen LogP contribution in [0.5, 0.6) is 5.75 Å². The number of hydrogen-bond acceptors (Lipinski definition) is 4. The van der Waals surface area contributed by atoms with Gasteiger partial charge in [-0.1, -0.05) is 6.92 Å². The molecular formula is C15H22N2O2. The number of ether oxygens (including phenoxy) is 2. The minimum absolute atomic E-state index is 0.322. The van der Waals surface area contributed by atoms with Gasteiger partial charge in [-0.3, -0.25) is 4.98 Å². The van der Waals surface area contributed by atoms with Gasteiger partial charge in [0.25, 0.3) is 0 Å². The maximum absolute atomic E-state index is 6.00. The van der Waals surface area contributed by atoms with Crippen LogP contribution < -0.4 is 10.1 Å². The van der Waals surface area contributed by atoms with Crippen molar-refractivity contribution < 1.29 is 9.47 Å². The average Bonchev–Trinajstić information content (AvgIpc) is 3.07. The Morgan fingerprint density at radius 2 is 2.37 bits per heavy atom. The van der Waals surface area contributed by atoms with E-state index in [4.69, 9.17) is 9.47 Å². The molecule has 0 aromatic carbocycles. The van der Waals surface area contributed by atoms with Crippen LogP contribution in [0, 0.1) is 5.92 Å². The number of hydrogen-bond donors (Lipinski definition) is 1. The molecule has 3 rings (SSSR count). The molecular weight excluding hydrogens is 240 g/mol. The van der Waals surface area contributed by atoms with E-state index >= 15 is 0 Å². The first-order valence-corrected chi connectivity index (χ1v) is 7.19. The smallest absolute Gasteiger partial charge is 0.137 e. The highest BCUT2D eigenvalue weighted by molar-refractivity contribution is 5.27. The van der Waals surface area contributed by atoms with Gasteiger partial charge in [-0.05, 0) is 37.4 Å². The molecule has 1 aromatic rings. The third-order valence-corrected chi connectivity index (χ3v) is 4.33. The molecule has 1 N–H and O–H groups in total. The second-order valence-electron chi connectivity index (χ2n) is 5.47. The molecule has 4 atom stereocenters. The van der Waals surface area contributed by atoms with E-state index in [1.165, 1.54) is 24.8 Å². The molecule has 3 heterocycles. The van der Waals surface area contributed by atoms with Crippen molar-refractivity contribution in [3.8, 4) is 5.75 Å². The lowest BCUT2D eigenvalue weighted by Gasteiger charge is -2.29. The zero-order valence-electron chi connectivity index (χ0n) is 11.6. The summed E-state index contributed by atoms with van der Waals surface area (Å²) < 4.78 is 11.3. The van der Waals surface area contributed by atoms with Gasteiger partial charge in [0.15, 0.2) is 0 Å². The van der Waals surface area contributed by atoms with Gasteiger partial charge in [-0.2, -0.15) is 0 Å². The third kappa shape index (κ3) is 2.47. The van der Waals surface area contributed by atoms with Crippen LogP contribution in [0.2, 0.25) is 0 Å². The van der Waals surface area contributed by atoms with Crippen molar-refractivity contribution in [1.82, 2.24) is 10.3 Å². The number of aromatic nitrogens is 1. The van der Waals surface area contributed by atoms with Gasteiger partial charge in [0.05, 0.1) is 25.5 Å². The zero-order chi connectivity index (χ0) is 13.2. The van der Waals surface area contributed by atoms with Gasteiger partial charge in [0.2, 0.25) is 0 Å². The van der Waals surface area contributed by atoms with Gasteiger partial charge in [0.1, 0.15) is 5.75 Å². The SMILES string of the molecule is CCNC(c1cncc(OC)c1)C1CC2CCC1O2. The van der Waals surface area contributed by atoms with Crippen LogP contribution >= 0.6 is 0 Å². The summed E-state index contributed by atoms with van der Waals surface area (Å²) in [6, 6.07) is 2.41. The Morgan fingerprint density at radius 3 is 3.00 bits per heavy atom. The summed E-state index contributed by atoms with van der Waals surface area (Å²) in [4.78, 5) is 4.29. The fourth-order valence-corrected chi connectivity index (χ4v) is 3.48. The number of methoxy groups -OCH3 is 1. The first-order chi connectivity index (χ1) is 9.31. The molecule has 0 saturated carbocycles. The lowest BCUT2D eigenvalue weighted by Crippen LogP contribution is -2.33. The topological polar surface area (TPSA) is 43.4 Å². The lowest BCUT2D eigenvalue weighted by molar-refractivity contribution is 0.0857. The molecule has 104 valence electrons. The molecule has 0 amide bonds. The molecule has 4 nitrogen and oxygen atoms in total. The number of nitrogens with zero attached hydrogens (tertiary/aromatic N) is 1. The molecule has 2 fully saturated rings. The number of fused-ring (bicyclic) bond motifs is 2. The molecule has 2 aliphatic heterocycles.